The Labute approximate surface area is 112 Å². The lowest BCUT2D eigenvalue weighted by atomic mass is 9.91. The summed E-state index contributed by atoms with van der Waals surface area (Å²) < 4.78 is 0. The molecular formula is C15H16N2O2. The Morgan fingerprint density at radius 1 is 1.53 bits per heavy atom. The van der Waals surface area contributed by atoms with Crippen LogP contribution in [0.3, 0.4) is 0 Å². The molecule has 0 N–H and O–H groups in total. The maximum absolute atomic E-state index is 12.3. The van der Waals surface area contributed by atoms with Crippen molar-refractivity contribution in [2.45, 2.75) is 26.2 Å². The van der Waals surface area contributed by atoms with Gasteiger partial charge in [-0.15, -0.1) is 0 Å². The van der Waals surface area contributed by atoms with Gasteiger partial charge >= 0.3 is 0 Å². The number of amides is 1. The van der Waals surface area contributed by atoms with Crippen LogP contribution in [-0.4, -0.2) is 18.2 Å². The third-order valence-corrected chi connectivity index (χ3v) is 3.39. The van der Waals surface area contributed by atoms with Crippen LogP contribution in [0.2, 0.25) is 0 Å². The topological polar surface area (TPSA) is 61.2 Å². The van der Waals surface area contributed by atoms with Gasteiger partial charge < -0.3 is 4.90 Å². The lowest BCUT2D eigenvalue weighted by Crippen LogP contribution is -2.44. The van der Waals surface area contributed by atoms with E-state index in [9.17, 15) is 9.59 Å². The van der Waals surface area contributed by atoms with E-state index in [0.29, 0.717) is 13.0 Å². The van der Waals surface area contributed by atoms with Crippen molar-refractivity contribution in [1.29, 1.82) is 5.26 Å². The number of nitriles is 1. The number of hydrogen-bond acceptors (Lipinski definition) is 3. The van der Waals surface area contributed by atoms with Gasteiger partial charge in [0.25, 0.3) is 0 Å². The molecule has 98 valence electrons. The first kappa shape index (κ1) is 13.3. The highest BCUT2D eigenvalue weighted by Gasteiger charge is 2.34. The quantitative estimate of drug-likeness (QED) is 0.779. The third kappa shape index (κ3) is 2.82. The number of anilines is 1. The van der Waals surface area contributed by atoms with Gasteiger partial charge in [-0.05, 0) is 37.5 Å². The minimum atomic E-state index is -0.645. The van der Waals surface area contributed by atoms with Crippen LogP contribution in [0.25, 0.3) is 0 Å². The number of carbonyl (C=O) groups excluding carboxylic acids is 2. The molecule has 1 aliphatic rings. The normalized spacial score (nSPS) is 19.1. The van der Waals surface area contributed by atoms with Gasteiger partial charge in [-0.1, -0.05) is 12.1 Å². The van der Waals surface area contributed by atoms with Gasteiger partial charge in [0, 0.05) is 12.2 Å². The van der Waals surface area contributed by atoms with E-state index in [1.165, 1.54) is 0 Å². The molecule has 1 atom stereocenters. The van der Waals surface area contributed by atoms with Crippen LogP contribution >= 0.6 is 0 Å². The van der Waals surface area contributed by atoms with Crippen LogP contribution in [0.1, 0.15) is 24.8 Å². The molecule has 2 rings (SSSR count). The number of carbonyl (C=O) groups is 2. The molecule has 0 bridgehead atoms. The van der Waals surface area contributed by atoms with Crippen LogP contribution in [0.5, 0.6) is 0 Å². The Kier molecular flexibility index (Phi) is 3.96. The number of aryl methyl sites for hydroxylation is 1. The fraction of sp³-hybridized carbons (Fsp3) is 0.400. The standard InChI is InChI=1S/C15H16N2O2/c1-11-4-2-5-12(10-11)17-9-3-6-13(15(17)19)14(18)7-8-16/h2,4-5,10,13H,3,6-7,9H2,1H3. The largest absolute Gasteiger partial charge is 0.312 e. The smallest absolute Gasteiger partial charge is 0.237 e. The molecule has 1 amide bonds. The molecule has 0 aromatic heterocycles. The predicted octanol–water partition coefficient (Wildman–Crippen LogP) is 2.22. The van der Waals surface area contributed by atoms with E-state index in [1.54, 1.807) is 4.90 Å². The molecule has 1 unspecified atom stereocenters. The molecule has 0 saturated carbocycles. The number of hydrogen-bond donors (Lipinski definition) is 0. The second kappa shape index (κ2) is 5.66. The number of Topliss-reactive ketones (excluding diaryl/α,β-unsaturated/α-hetero) is 1. The maximum atomic E-state index is 12.3. The molecule has 0 spiro atoms. The number of ketones is 1. The van der Waals surface area contributed by atoms with Crippen molar-refractivity contribution in [3.63, 3.8) is 0 Å². The molecule has 4 nitrogen and oxygen atoms in total. The number of benzene rings is 1. The van der Waals surface area contributed by atoms with E-state index in [4.69, 9.17) is 5.26 Å². The Balaban J connectivity index is 2.21. The minimum absolute atomic E-state index is 0.169. The first-order chi connectivity index (χ1) is 9.13. The Hall–Kier alpha value is -2.15. The van der Waals surface area contributed by atoms with Crippen LogP contribution < -0.4 is 4.90 Å². The van der Waals surface area contributed by atoms with Crippen LogP contribution in [0.15, 0.2) is 24.3 Å². The monoisotopic (exact) mass is 256 g/mol. The zero-order valence-corrected chi connectivity index (χ0v) is 10.9. The van der Waals surface area contributed by atoms with Crippen LogP contribution in [-0.2, 0) is 9.59 Å². The summed E-state index contributed by atoms with van der Waals surface area (Å²) in [6.07, 6.45) is 1.17. The summed E-state index contributed by atoms with van der Waals surface area (Å²) in [4.78, 5) is 25.8. The van der Waals surface area contributed by atoms with E-state index in [0.717, 1.165) is 17.7 Å². The van der Waals surface area contributed by atoms with E-state index in [-0.39, 0.29) is 18.1 Å². The van der Waals surface area contributed by atoms with Gasteiger partial charge in [0.15, 0.2) is 5.78 Å². The fourth-order valence-electron chi connectivity index (χ4n) is 2.43. The molecule has 4 heteroatoms. The Morgan fingerprint density at radius 3 is 3.00 bits per heavy atom. The van der Waals surface area contributed by atoms with Crippen molar-refractivity contribution in [3.05, 3.63) is 29.8 Å². The molecule has 1 aromatic rings. The van der Waals surface area contributed by atoms with E-state index < -0.39 is 5.92 Å². The Morgan fingerprint density at radius 2 is 2.32 bits per heavy atom. The molecule has 0 aliphatic carbocycles. The fourth-order valence-corrected chi connectivity index (χ4v) is 2.43. The van der Waals surface area contributed by atoms with Crippen molar-refractivity contribution < 1.29 is 9.59 Å². The minimum Gasteiger partial charge on any atom is -0.312 e. The van der Waals surface area contributed by atoms with Gasteiger partial charge in [-0.3, -0.25) is 9.59 Å². The second-order valence-corrected chi connectivity index (χ2v) is 4.82. The highest BCUT2D eigenvalue weighted by Crippen LogP contribution is 2.26. The first-order valence-electron chi connectivity index (χ1n) is 6.41. The van der Waals surface area contributed by atoms with Gasteiger partial charge in [-0.25, -0.2) is 0 Å². The lowest BCUT2D eigenvalue weighted by molar-refractivity contribution is -0.133. The van der Waals surface area contributed by atoms with Crippen molar-refractivity contribution >= 4 is 17.4 Å². The molecule has 1 aromatic carbocycles. The number of piperidine rings is 1. The van der Waals surface area contributed by atoms with Crippen molar-refractivity contribution in [3.8, 4) is 6.07 Å². The molecule has 1 aliphatic heterocycles. The summed E-state index contributed by atoms with van der Waals surface area (Å²) in [5.41, 5.74) is 1.91. The summed E-state index contributed by atoms with van der Waals surface area (Å²) in [6, 6.07) is 9.52. The first-order valence-corrected chi connectivity index (χ1v) is 6.41. The lowest BCUT2D eigenvalue weighted by Gasteiger charge is -2.31. The van der Waals surface area contributed by atoms with Gasteiger partial charge in [0.05, 0.1) is 18.4 Å². The summed E-state index contributed by atoms with van der Waals surface area (Å²) in [5.74, 6) is -1.07. The average Bonchev–Trinajstić information content (AvgIpc) is 2.39. The molecular weight excluding hydrogens is 240 g/mol. The molecule has 1 fully saturated rings. The summed E-state index contributed by atoms with van der Waals surface area (Å²) in [6.45, 7) is 2.61. The van der Waals surface area contributed by atoms with E-state index >= 15 is 0 Å². The van der Waals surface area contributed by atoms with Crippen molar-refractivity contribution in [2.75, 3.05) is 11.4 Å². The van der Waals surface area contributed by atoms with Crippen molar-refractivity contribution in [2.24, 2.45) is 5.92 Å². The zero-order chi connectivity index (χ0) is 13.8. The van der Waals surface area contributed by atoms with Gasteiger partial charge in [-0.2, -0.15) is 5.26 Å². The second-order valence-electron chi connectivity index (χ2n) is 4.82. The Bertz CT molecular complexity index is 545. The van der Waals surface area contributed by atoms with Crippen LogP contribution in [0, 0.1) is 24.2 Å². The summed E-state index contributed by atoms with van der Waals surface area (Å²) in [5, 5.41) is 8.58. The maximum Gasteiger partial charge on any atom is 0.237 e. The molecule has 19 heavy (non-hydrogen) atoms. The third-order valence-electron chi connectivity index (χ3n) is 3.39. The predicted molar refractivity (Wildman–Crippen MR) is 71.5 cm³/mol. The highest BCUT2D eigenvalue weighted by molar-refractivity contribution is 6.09. The van der Waals surface area contributed by atoms with Crippen LogP contribution in [0.4, 0.5) is 5.69 Å². The average molecular weight is 256 g/mol. The van der Waals surface area contributed by atoms with E-state index in [2.05, 4.69) is 0 Å². The molecule has 1 heterocycles. The summed E-state index contributed by atoms with van der Waals surface area (Å²) in [7, 11) is 0. The van der Waals surface area contributed by atoms with Crippen molar-refractivity contribution in [1.82, 2.24) is 0 Å². The van der Waals surface area contributed by atoms with E-state index in [1.807, 2.05) is 37.3 Å². The summed E-state index contributed by atoms with van der Waals surface area (Å²) >= 11 is 0. The number of rotatable bonds is 3. The van der Waals surface area contributed by atoms with Gasteiger partial charge in [0.2, 0.25) is 5.91 Å². The number of nitrogens with zero attached hydrogens (tertiary/aromatic N) is 2. The highest BCUT2D eigenvalue weighted by atomic mass is 16.2. The molecule has 1 saturated heterocycles. The van der Waals surface area contributed by atoms with Gasteiger partial charge in [0.1, 0.15) is 0 Å². The zero-order valence-electron chi connectivity index (χ0n) is 10.9. The SMILES string of the molecule is Cc1cccc(N2CCCC(C(=O)CC#N)C2=O)c1. The molecule has 0 radical (unpaired) electrons.